The molecule has 6 heteroatoms. The van der Waals surface area contributed by atoms with Gasteiger partial charge in [0.15, 0.2) is 0 Å². The summed E-state index contributed by atoms with van der Waals surface area (Å²) in [7, 11) is 0. The third-order valence-corrected chi connectivity index (χ3v) is 3.97. The first kappa shape index (κ1) is 18.7. The molecular weight excluding hydrogens is 308 g/mol. The Kier molecular flexibility index (Phi) is 8.01. The first-order valence-corrected chi connectivity index (χ1v) is 8.60. The smallest absolute Gasteiger partial charge is 0.249 e. The van der Waals surface area contributed by atoms with E-state index < -0.39 is 6.10 Å². The lowest BCUT2D eigenvalue weighted by Gasteiger charge is -2.30. The maximum absolute atomic E-state index is 12.2. The van der Waals surface area contributed by atoms with E-state index in [2.05, 4.69) is 16.3 Å². The van der Waals surface area contributed by atoms with Crippen LogP contribution in [-0.2, 0) is 25.5 Å². The molecule has 1 amide bonds. The highest BCUT2D eigenvalue weighted by atomic mass is 16.5. The van der Waals surface area contributed by atoms with Crippen LogP contribution in [0, 0.1) is 0 Å². The van der Waals surface area contributed by atoms with Gasteiger partial charge in [-0.05, 0) is 25.5 Å². The van der Waals surface area contributed by atoms with Gasteiger partial charge in [0.05, 0.1) is 26.4 Å². The van der Waals surface area contributed by atoms with Crippen molar-refractivity contribution in [2.24, 2.45) is 0 Å². The van der Waals surface area contributed by atoms with Crippen molar-refractivity contribution in [1.29, 1.82) is 0 Å². The molecule has 1 fully saturated rings. The van der Waals surface area contributed by atoms with Crippen LogP contribution in [0.5, 0.6) is 0 Å². The Morgan fingerprint density at radius 1 is 1.29 bits per heavy atom. The van der Waals surface area contributed by atoms with Crippen molar-refractivity contribution < 1.29 is 19.0 Å². The Balaban J connectivity index is 1.83. The maximum atomic E-state index is 12.2. The number of morpholine rings is 1. The molecule has 2 rings (SSSR count). The molecule has 0 aromatic heterocycles. The molecule has 134 valence electrons. The van der Waals surface area contributed by atoms with Gasteiger partial charge >= 0.3 is 0 Å². The molecule has 1 N–H and O–H groups in total. The van der Waals surface area contributed by atoms with Crippen LogP contribution in [0.25, 0.3) is 0 Å². The molecule has 1 saturated heterocycles. The van der Waals surface area contributed by atoms with Crippen LogP contribution in [0.4, 0.5) is 5.69 Å². The molecule has 1 aromatic carbocycles. The maximum Gasteiger partial charge on any atom is 0.249 e. The Hall–Kier alpha value is -1.63. The predicted molar refractivity (Wildman–Crippen MR) is 93.2 cm³/mol. The highest BCUT2D eigenvalue weighted by molar-refractivity contribution is 5.80. The number of hydrogen-bond donors (Lipinski definition) is 1. The molecule has 0 saturated carbocycles. The van der Waals surface area contributed by atoms with Crippen molar-refractivity contribution in [1.82, 2.24) is 5.32 Å². The van der Waals surface area contributed by atoms with Gasteiger partial charge in [0, 0.05) is 31.9 Å². The van der Waals surface area contributed by atoms with Gasteiger partial charge in [0.1, 0.15) is 6.10 Å². The minimum atomic E-state index is -0.485. The summed E-state index contributed by atoms with van der Waals surface area (Å²) in [4.78, 5) is 14.5. The molecule has 1 heterocycles. The second-order valence-electron chi connectivity index (χ2n) is 5.66. The summed E-state index contributed by atoms with van der Waals surface area (Å²) in [5.41, 5.74) is 2.26. The van der Waals surface area contributed by atoms with Crippen LogP contribution >= 0.6 is 0 Å². The van der Waals surface area contributed by atoms with E-state index in [9.17, 15) is 4.79 Å². The van der Waals surface area contributed by atoms with Crippen molar-refractivity contribution in [3.05, 3.63) is 29.8 Å². The summed E-state index contributed by atoms with van der Waals surface area (Å²) >= 11 is 0. The number of nitrogens with one attached hydrogen (secondary N) is 1. The summed E-state index contributed by atoms with van der Waals surface area (Å²) in [6.07, 6.45) is -0.485. The molecule has 0 aliphatic carbocycles. The van der Waals surface area contributed by atoms with Crippen LogP contribution in [0.2, 0.25) is 0 Å². The highest BCUT2D eigenvalue weighted by Crippen LogP contribution is 2.21. The number of anilines is 1. The van der Waals surface area contributed by atoms with Crippen molar-refractivity contribution >= 4 is 11.6 Å². The SMILES string of the molecule is CCOCCO[C@@H](C)C(=O)NCc1ccccc1N1CCOCC1. The molecule has 6 nitrogen and oxygen atoms in total. The molecule has 1 atom stereocenters. The Morgan fingerprint density at radius 3 is 2.79 bits per heavy atom. The van der Waals surface area contributed by atoms with Gasteiger partial charge in [-0.25, -0.2) is 0 Å². The number of amides is 1. The molecule has 24 heavy (non-hydrogen) atoms. The predicted octanol–water partition coefficient (Wildman–Crippen LogP) is 1.58. The van der Waals surface area contributed by atoms with Gasteiger partial charge in [-0.15, -0.1) is 0 Å². The molecular formula is C18H28N2O4. The molecule has 1 aliphatic rings. The van der Waals surface area contributed by atoms with Crippen LogP contribution in [0.15, 0.2) is 24.3 Å². The molecule has 0 spiro atoms. The fourth-order valence-electron chi connectivity index (χ4n) is 2.60. The number of para-hydroxylation sites is 1. The fourth-order valence-corrected chi connectivity index (χ4v) is 2.60. The zero-order valence-corrected chi connectivity index (χ0v) is 14.6. The summed E-state index contributed by atoms with van der Waals surface area (Å²) < 4.78 is 16.1. The minimum Gasteiger partial charge on any atom is -0.379 e. The molecule has 1 aliphatic heterocycles. The zero-order chi connectivity index (χ0) is 17.2. The molecule has 0 radical (unpaired) electrons. The third-order valence-electron chi connectivity index (χ3n) is 3.97. The van der Waals surface area contributed by atoms with E-state index in [1.165, 1.54) is 0 Å². The number of carbonyl (C=O) groups is 1. The first-order valence-electron chi connectivity index (χ1n) is 8.60. The first-order chi connectivity index (χ1) is 11.7. The fraction of sp³-hybridized carbons (Fsp3) is 0.611. The lowest BCUT2D eigenvalue weighted by Crippen LogP contribution is -2.38. The van der Waals surface area contributed by atoms with Gasteiger partial charge in [-0.2, -0.15) is 0 Å². The Labute approximate surface area is 144 Å². The summed E-state index contributed by atoms with van der Waals surface area (Å²) in [6.45, 7) is 9.01. The van der Waals surface area contributed by atoms with E-state index >= 15 is 0 Å². The second kappa shape index (κ2) is 10.3. The van der Waals surface area contributed by atoms with Crippen LogP contribution in [-0.4, -0.2) is 58.1 Å². The van der Waals surface area contributed by atoms with Crippen molar-refractivity contribution in [2.75, 3.05) is 51.0 Å². The van der Waals surface area contributed by atoms with Crippen LogP contribution in [0.3, 0.4) is 0 Å². The largest absolute Gasteiger partial charge is 0.379 e. The van der Waals surface area contributed by atoms with E-state index in [4.69, 9.17) is 14.2 Å². The Bertz CT molecular complexity index is 504. The standard InChI is InChI=1S/C18H28N2O4/c1-3-22-12-13-24-15(2)18(21)19-14-16-6-4-5-7-17(16)20-8-10-23-11-9-20/h4-7,15H,3,8-14H2,1-2H3,(H,19,21)/t15-/m0/s1. The quantitative estimate of drug-likeness (QED) is 0.694. The van der Waals surface area contributed by atoms with Crippen molar-refractivity contribution in [3.8, 4) is 0 Å². The van der Waals surface area contributed by atoms with Gasteiger partial charge < -0.3 is 24.4 Å². The average Bonchev–Trinajstić information content (AvgIpc) is 2.64. The molecule has 1 aromatic rings. The summed E-state index contributed by atoms with van der Waals surface area (Å²) in [5.74, 6) is -0.108. The number of nitrogens with zero attached hydrogens (tertiary/aromatic N) is 1. The highest BCUT2D eigenvalue weighted by Gasteiger charge is 2.16. The normalized spacial score (nSPS) is 16.0. The summed E-state index contributed by atoms with van der Waals surface area (Å²) in [5, 5.41) is 2.96. The van der Waals surface area contributed by atoms with Crippen LogP contribution < -0.4 is 10.2 Å². The lowest BCUT2D eigenvalue weighted by atomic mass is 10.1. The minimum absolute atomic E-state index is 0.108. The number of carbonyl (C=O) groups excluding carboxylic acids is 1. The van der Waals surface area contributed by atoms with E-state index in [0.717, 1.165) is 37.6 Å². The molecule has 0 unspecified atom stereocenters. The van der Waals surface area contributed by atoms with Crippen LogP contribution in [0.1, 0.15) is 19.4 Å². The second-order valence-corrected chi connectivity index (χ2v) is 5.66. The number of hydrogen-bond acceptors (Lipinski definition) is 5. The third kappa shape index (κ3) is 5.78. The number of benzene rings is 1. The van der Waals surface area contributed by atoms with E-state index in [0.29, 0.717) is 26.4 Å². The molecule has 0 bridgehead atoms. The van der Waals surface area contributed by atoms with Crippen molar-refractivity contribution in [3.63, 3.8) is 0 Å². The number of rotatable bonds is 9. The van der Waals surface area contributed by atoms with Gasteiger partial charge in [0.25, 0.3) is 0 Å². The summed E-state index contributed by atoms with van der Waals surface area (Å²) in [6, 6.07) is 8.16. The number of ether oxygens (including phenoxy) is 3. The zero-order valence-electron chi connectivity index (χ0n) is 14.6. The monoisotopic (exact) mass is 336 g/mol. The van der Waals surface area contributed by atoms with Crippen molar-refractivity contribution in [2.45, 2.75) is 26.5 Å². The van der Waals surface area contributed by atoms with E-state index in [1.54, 1.807) is 6.92 Å². The topological polar surface area (TPSA) is 60.0 Å². The lowest BCUT2D eigenvalue weighted by molar-refractivity contribution is -0.132. The Morgan fingerprint density at radius 2 is 2.04 bits per heavy atom. The van der Waals surface area contributed by atoms with E-state index in [-0.39, 0.29) is 5.91 Å². The van der Waals surface area contributed by atoms with E-state index in [1.807, 2.05) is 25.1 Å². The van der Waals surface area contributed by atoms with Gasteiger partial charge in [-0.1, -0.05) is 18.2 Å². The average molecular weight is 336 g/mol. The van der Waals surface area contributed by atoms with Gasteiger partial charge in [0.2, 0.25) is 5.91 Å². The van der Waals surface area contributed by atoms with Gasteiger partial charge in [-0.3, -0.25) is 4.79 Å².